The number of thiocarbonyl (C=S) groups is 1. The van der Waals surface area contributed by atoms with Crippen LogP contribution in [-0.2, 0) is 0 Å². The molecule has 2 rings (SSSR count). The van der Waals surface area contributed by atoms with Gasteiger partial charge in [0.25, 0.3) is 5.17 Å². The molecule has 0 amide bonds. The lowest BCUT2D eigenvalue weighted by atomic mass is 10.3. The van der Waals surface area contributed by atoms with E-state index in [0.29, 0.717) is 28.3 Å². The maximum absolute atomic E-state index is 6.01. The molecule has 1 heterocycles. The van der Waals surface area contributed by atoms with Gasteiger partial charge in [-0.15, -0.1) is 0 Å². The van der Waals surface area contributed by atoms with Crippen LogP contribution in [0.3, 0.4) is 0 Å². The van der Waals surface area contributed by atoms with Gasteiger partial charge in [0.2, 0.25) is 0 Å². The highest BCUT2D eigenvalue weighted by molar-refractivity contribution is 7.80. The maximum Gasteiger partial charge on any atom is 0.264 e. The second kappa shape index (κ2) is 6.25. The fourth-order valence-electron chi connectivity index (χ4n) is 1.88. The van der Waals surface area contributed by atoms with E-state index in [9.17, 15) is 0 Å². The van der Waals surface area contributed by atoms with Gasteiger partial charge in [0.15, 0.2) is 0 Å². The minimum atomic E-state index is 0.525. The predicted octanol–water partition coefficient (Wildman–Crippen LogP) is 3.50. The zero-order valence-corrected chi connectivity index (χ0v) is 11.9. The molecule has 1 aromatic carbocycles. The summed E-state index contributed by atoms with van der Waals surface area (Å²) in [4.78, 5) is 2.07. The lowest BCUT2D eigenvalue weighted by molar-refractivity contribution is 0.338. The van der Waals surface area contributed by atoms with Crippen LogP contribution < -0.4 is 9.47 Å². The Hall–Kier alpha value is -1.00. The predicted molar refractivity (Wildman–Crippen MR) is 76.7 cm³/mol. The molecule has 0 aromatic heterocycles. The molecule has 0 bridgehead atoms. The van der Waals surface area contributed by atoms with Crippen LogP contribution in [0.25, 0.3) is 0 Å². The quantitative estimate of drug-likeness (QED) is 0.793. The minimum absolute atomic E-state index is 0.525. The van der Waals surface area contributed by atoms with Gasteiger partial charge in [-0.1, -0.05) is 11.6 Å². The first-order valence-electron chi connectivity index (χ1n) is 6.10. The van der Waals surface area contributed by atoms with Crippen LogP contribution in [0.1, 0.15) is 19.8 Å². The third-order valence-electron chi connectivity index (χ3n) is 2.77. The van der Waals surface area contributed by atoms with E-state index >= 15 is 0 Å². The highest BCUT2D eigenvalue weighted by Crippen LogP contribution is 2.29. The van der Waals surface area contributed by atoms with E-state index in [4.69, 9.17) is 33.3 Å². The first-order chi connectivity index (χ1) is 8.70. The maximum atomic E-state index is 6.01. The Morgan fingerprint density at radius 1 is 1.39 bits per heavy atom. The third kappa shape index (κ3) is 3.27. The minimum Gasteiger partial charge on any atom is -0.492 e. The standard InChI is InChI=1S/C13H16ClNO2S/c1-2-16-12-9-10(5-6-11(12)14)17-13(18)15-7-3-4-8-15/h5-6,9H,2-4,7-8H2,1H3. The third-order valence-corrected chi connectivity index (χ3v) is 3.43. The monoisotopic (exact) mass is 285 g/mol. The van der Waals surface area contributed by atoms with Crippen LogP contribution in [0, 0.1) is 0 Å². The largest absolute Gasteiger partial charge is 0.492 e. The van der Waals surface area contributed by atoms with Gasteiger partial charge in [0.1, 0.15) is 11.5 Å². The van der Waals surface area contributed by atoms with Gasteiger partial charge in [0, 0.05) is 19.2 Å². The molecule has 0 N–H and O–H groups in total. The smallest absolute Gasteiger partial charge is 0.264 e. The molecule has 0 spiro atoms. The zero-order valence-electron chi connectivity index (χ0n) is 10.3. The van der Waals surface area contributed by atoms with E-state index in [0.717, 1.165) is 13.1 Å². The summed E-state index contributed by atoms with van der Waals surface area (Å²) in [7, 11) is 0. The highest BCUT2D eigenvalue weighted by atomic mass is 35.5. The van der Waals surface area contributed by atoms with Crippen molar-refractivity contribution in [1.29, 1.82) is 0 Å². The molecule has 5 heteroatoms. The van der Waals surface area contributed by atoms with Gasteiger partial charge in [-0.05, 0) is 44.1 Å². The number of rotatable bonds is 3. The molecular formula is C13H16ClNO2S. The molecular weight excluding hydrogens is 270 g/mol. The lowest BCUT2D eigenvalue weighted by Gasteiger charge is -2.18. The van der Waals surface area contributed by atoms with Crippen molar-refractivity contribution in [2.75, 3.05) is 19.7 Å². The molecule has 0 saturated carbocycles. The molecule has 3 nitrogen and oxygen atoms in total. The van der Waals surface area contributed by atoms with Crippen molar-refractivity contribution in [3.8, 4) is 11.5 Å². The second-order valence-corrected chi connectivity index (χ2v) is 4.84. The van der Waals surface area contributed by atoms with E-state index in [-0.39, 0.29) is 0 Å². The van der Waals surface area contributed by atoms with Crippen LogP contribution in [0.15, 0.2) is 18.2 Å². The number of ether oxygens (including phenoxy) is 2. The fourth-order valence-corrected chi connectivity index (χ4v) is 2.33. The van der Waals surface area contributed by atoms with Crippen molar-refractivity contribution in [2.24, 2.45) is 0 Å². The molecule has 98 valence electrons. The number of halogens is 1. The fraction of sp³-hybridized carbons (Fsp3) is 0.462. The molecule has 0 atom stereocenters. The van der Waals surface area contributed by atoms with E-state index in [1.807, 2.05) is 6.92 Å². The SMILES string of the molecule is CCOc1cc(OC(=S)N2CCCC2)ccc1Cl. The number of hydrogen-bond donors (Lipinski definition) is 0. The van der Waals surface area contributed by atoms with E-state index in [1.165, 1.54) is 12.8 Å². The van der Waals surface area contributed by atoms with Gasteiger partial charge in [-0.25, -0.2) is 0 Å². The summed E-state index contributed by atoms with van der Waals surface area (Å²) in [6.45, 7) is 4.44. The van der Waals surface area contributed by atoms with Crippen LogP contribution in [0.2, 0.25) is 5.02 Å². The van der Waals surface area contributed by atoms with Gasteiger partial charge in [-0.2, -0.15) is 0 Å². The summed E-state index contributed by atoms with van der Waals surface area (Å²) >= 11 is 11.3. The van der Waals surface area contributed by atoms with E-state index < -0.39 is 0 Å². The van der Waals surface area contributed by atoms with Crippen LogP contribution in [0.5, 0.6) is 11.5 Å². The average Bonchev–Trinajstić information content (AvgIpc) is 2.87. The van der Waals surface area contributed by atoms with E-state index in [2.05, 4.69) is 4.90 Å². The molecule has 1 aliphatic rings. The van der Waals surface area contributed by atoms with Crippen molar-refractivity contribution in [3.05, 3.63) is 23.2 Å². The lowest BCUT2D eigenvalue weighted by Crippen LogP contribution is -2.30. The summed E-state index contributed by atoms with van der Waals surface area (Å²) in [5.74, 6) is 1.29. The van der Waals surface area contributed by atoms with Crippen molar-refractivity contribution >= 4 is 29.0 Å². The first kappa shape index (κ1) is 13.4. The van der Waals surface area contributed by atoms with Gasteiger partial charge in [0.05, 0.1) is 11.6 Å². The average molecular weight is 286 g/mol. The highest BCUT2D eigenvalue weighted by Gasteiger charge is 2.16. The van der Waals surface area contributed by atoms with Crippen molar-refractivity contribution in [2.45, 2.75) is 19.8 Å². The number of nitrogens with zero attached hydrogens (tertiary/aromatic N) is 1. The Bertz CT molecular complexity index is 433. The van der Waals surface area contributed by atoms with Crippen LogP contribution >= 0.6 is 23.8 Å². The molecule has 1 saturated heterocycles. The Labute approximate surface area is 118 Å². The van der Waals surface area contributed by atoms with Crippen LogP contribution in [-0.4, -0.2) is 29.8 Å². The number of hydrogen-bond acceptors (Lipinski definition) is 3. The summed E-state index contributed by atoms with van der Waals surface area (Å²) in [6.07, 6.45) is 2.35. The number of benzene rings is 1. The second-order valence-electron chi connectivity index (χ2n) is 4.09. The Morgan fingerprint density at radius 2 is 2.11 bits per heavy atom. The molecule has 0 unspecified atom stereocenters. The molecule has 1 aromatic rings. The topological polar surface area (TPSA) is 21.7 Å². The summed E-state index contributed by atoms with van der Waals surface area (Å²) in [5, 5.41) is 1.11. The summed E-state index contributed by atoms with van der Waals surface area (Å²) in [5.41, 5.74) is 0. The van der Waals surface area contributed by atoms with Crippen molar-refractivity contribution < 1.29 is 9.47 Å². The molecule has 0 aliphatic carbocycles. The van der Waals surface area contributed by atoms with Crippen molar-refractivity contribution in [3.63, 3.8) is 0 Å². The Morgan fingerprint density at radius 3 is 2.78 bits per heavy atom. The molecule has 0 radical (unpaired) electrons. The van der Waals surface area contributed by atoms with Gasteiger partial charge < -0.3 is 14.4 Å². The Balaban J connectivity index is 2.04. The normalized spacial score (nSPS) is 14.7. The summed E-state index contributed by atoms with van der Waals surface area (Å²) < 4.78 is 11.1. The van der Waals surface area contributed by atoms with Crippen LogP contribution in [0.4, 0.5) is 0 Å². The molecule has 1 aliphatic heterocycles. The number of likely N-dealkylation sites (tertiary alicyclic amines) is 1. The zero-order chi connectivity index (χ0) is 13.0. The van der Waals surface area contributed by atoms with E-state index in [1.54, 1.807) is 18.2 Å². The van der Waals surface area contributed by atoms with Gasteiger partial charge in [-0.3, -0.25) is 0 Å². The molecule has 1 fully saturated rings. The first-order valence-corrected chi connectivity index (χ1v) is 6.88. The molecule has 18 heavy (non-hydrogen) atoms. The van der Waals surface area contributed by atoms with Gasteiger partial charge >= 0.3 is 0 Å². The van der Waals surface area contributed by atoms with Crippen molar-refractivity contribution in [1.82, 2.24) is 4.90 Å². The summed E-state index contributed by atoms with van der Waals surface area (Å²) in [6, 6.07) is 5.33. The Kier molecular flexibility index (Phi) is 4.66.